The van der Waals surface area contributed by atoms with Crippen LogP contribution in [0.3, 0.4) is 0 Å². The molecule has 164 valence electrons. The summed E-state index contributed by atoms with van der Waals surface area (Å²) in [6, 6.07) is 18.5. The molecule has 1 aliphatic rings. The van der Waals surface area contributed by atoms with Crippen LogP contribution in [0.5, 0.6) is 6.01 Å². The average molecular weight is 436 g/mol. The molecular weight excluding hydrogens is 416 g/mol. The van der Waals surface area contributed by atoms with Crippen molar-refractivity contribution >= 4 is 11.9 Å². The molecule has 0 bridgehead atoms. The van der Waals surface area contributed by atoms with E-state index in [4.69, 9.17) is 18.9 Å². The second-order valence-corrected chi connectivity index (χ2v) is 6.84. The lowest BCUT2D eigenvalue weighted by molar-refractivity contribution is -0.0688. The van der Waals surface area contributed by atoms with Gasteiger partial charge in [0.2, 0.25) is 0 Å². The van der Waals surface area contributed by atoms with Crippen molar-refractivity contribution in [3.05, 3.63) is 94.4 Å². The molecule has 0 fully saturated rings. The molecule has 9 heteroatoms. The van der Waals surface area contributed by atoms with E-state index in [1.54, 1.807) is 60.7 Å². The van der Waals surface area contributed by atoms with Gasteiger partial charge in [0.15, 0.2) is 12.3 Å². The molecular formula is C23H20N2O7. The topological polar surface area (TPSA) is 106 Å². The van der Waals surface area contributed by atoms with Crippen molar-refractivity contribution in [1.82, 2.24) is 9.55 Å². The largest absolute Gasteiger partial charge is 0.460 e. The van der Waals surface area contributed by atoms with E-state index in [1.807, 2.05) is 0 Å². The Morgan fingerprint density at radius 2 is 1.50 bits per heavy atom. The Balaban J connectivity index is 1.36. The maximum atomic E-state index is 12.3. The van der Waals surface area contributed by atoms with Crippen LogP contribution in [0.15, 0.2) is 77.7 Å². The number of hydrogen-bond acceptors (Lipinski definition) is 8. The third-order valence-corrected chi connectivity index (χ3v) is 4.66. The summed E-state index contributed by atoms with van der Waals surface area (Å²) in [5.41, 5.74) is 0.379. The van der Waals surface area contributed by atoms with E-state index in [0.717, 1.165) is 0 Å². The van der Waals surface area contributed by atoms with Crippen LogP contribution in [-0.2, 0) is 14.2 Å². The molecule has 0 spiro atoms. The van der Waals surface area contributed by atoms with Crippen LogP contribution in [-0.4, -0.2) is 47.4 Å². The molecule has 9 nitrogen and oxygen atoms in total. The number of benzene rings is 2. The molecule has 3 aromatic rings. The fourth-order valence-corrected chi connectivity index (χ4v) is 3.13. The molecule has 0 saturated heterocycles. The molecule has 4 rings (SSSR count). The van der Waals surface area contributed by atoms with Crippen molar-refractivity contribution in [2.24, 2.45) is 0 Å². The van der Waals surface area contributed by atoms with Gasteiger partial charge in [-0.1, -0.05) is 36.4 Å². The van der Waals surface area contributed by atoms with E-state index in [1.165, 1.54) is 16.8 Å². The predicted molar refractivity (Wildman–Crippen MR) is 111 cm³/mol. The highest BCUT2D eigenvalue weighted by Gasteiger charge is 2.36. The molecule has 32 heavy (non-hydrogen) atoms. The maximum Gasteiger partial charge on any atom is 0.338 e. The Bertz CT molecular complexity index is 1130. The number of esters is 2. The van der Waals surface area contributed by atoms with Crippen molar-refractivity contribution in [1.29, 1.82) is 0 Å². The lowest BCUT2D eigenvalue weighted by Crippen LogP contribution is -2.30. The minimum absolute atomic E-state index is 0.00368. The first kappa shape index (κ1) is 21.3. The number of fused-ring (bicyclic) bond motifs is 1. The lowest BCUT2D eigenvalue weighted by atomic mass is 10.2. The van der Waals surface area contributed by atoms with Crippen LogP contribution >= 0.6 is 0 Å². The predicted octanol–water partition coefficient (Wildman–Crippen LogP) is 2.23. The second-order valence-electron chi connectivity index (χ2n) is 6.84. The van der Waals surface area contributed by atoms with Crippen LogP contribution in [0.4, 0.5) is 0 Å². The van der Waals surface area contributed by atoms with E-state index >= 15 is 0 Å². The van der Waals surface area contributed by atoms with Crippen molar-refractivity contribution in [3.8, 4) is 6.01 Å². The average Bonchev–Trinajstić information content (AvgIpc) is 3.17. The van der Waals surface area contributed by atoms with Crippen LogP contribution in [0.2, 0.25) is 0 Å². The molecule has 2 atom stereocenters. The Labute approximate surface area is 183 Å². The van der Waals surface area contributed by atoms with Gasteiger partial charge in [0, 0.05) is 12.3 Å². The van der Waals surface area contributed by atoms with E-state index in [-0.39, 0.29) is 25.8 Å². The fraction of sp³-hybridized carbons (Fsp3) is 0.217. The Kier molecular flexibility index (Phi) is 6.57. The normalized spacial score (nSPS) is 16.6. The first-order valence-corrected chi connectivity index (χ1v) is 9.93. The number of rotatable bonds is 8. The highest BCUT2D eigenvalue weighted by molar-refractivity contribution is 5.89. The smallest absolute Gasteiger partial charge is 0.338 e. The Morgan fingerprint density at radius 1 is 0.875 bits per heavy atom. The third kappa shape index (κ3) is 5.01. The number of carbonyl (C=O) groups excluding carboxylic acids is 2. The number of carbonyl (C=O) groups is 2. The van der Waals surface area contributed by atoms with E-state index in [2.05, 4.69) is 4.98 Å². The van der Waals surface area contributed by atoms with E-state index < -0.39 is 29.8 Å². The zero-order chi connectivity index (χ0) is 22.3. The van der Waals surface area contributed by atoms with Gasteiger partial charge in [-0.05, 0) is 24.3 Å². The summed E-state index contributed by atoms with van der Waals surface area (Å²) in [6.45, 7) is -0.0647. The van der Waals surface area contributed by atoms with Crippen LogP contribution in [0.25, 0.3) is 0 Å². The quantitative estimate of drug-likeness (QED) is 0.391. The number of aromatic nitrogens is 2. The first-order valence-electron chi connectivity index (χ1n) is 9.93. The summed E-state index contributed by atoms with van der Waals surface area (Å²) in [5, 5.41) is 0. The molecule has 2 unspecified atom stereocenters. The highest BCUT2D eigenvalue weighted by Crippen LogP contribution is 2.29. The summed E-state index contributed by atoms with van der Waals surface area (Å²) in [5.74, 6) is -0.973. The van der Waals surface area contributed by atoms with Gasteiger partial charge >= 0.3 is 17.9 Å². The Morgan fingerprint density at radius 3 is 2.16 bits per heavy atom. The van der Waals surface area contributed by atoms with Gasteiger partial charge in [-0.3, -0.25) is 9.36 Å². The zero-order valence-electron chi connectivity index (χ0n) is 17.0. The zero-order valence-corrected chi connectivity index (χ0v) is 17.0. The molecule has 0 saturated carbocycles. The van der Waals surface area contributed by atoms with Gasteiger partial charge in [0.1, 0.15) is 13.2 Å². The van der Waals surface area contributed by atoms with Gasteiger partial charge < -0.3 is 18.9 Å². The molecule has 2 heterocycles. The number of hydrogen-bond donors (Lipinski definition) is 0. The minimum Gasteiger partial charge on any atom is -0.460 e. The van der Waals surface area contributed by atoms with Gasteiger partial charge in [-0.15, -0.1) is 0 Å². The maximum absolute atomic E-state index is 12.3. The number of nitrogens with zero attached hydrogens (tertiary/aromatic N) is 2. The van der Waals surface area contributed by atoms with E-state index in [9.17, 15) is 14.4 Å². The summed E-state index contributed by atoms with van der Waals surface area (Å²) in [6.07, 6.45) is 0.0310. The standard InChI is InChI=1S/C23H20N2O7/c26-19-11-12-25-20(29-13-14-30-21(27)16-7-3-1-4-8-16)18(32-23(25)24-19)15-31-22(28)17-9-5-2-6-10-17/h1-12,18,20H,13-15H2. The molecule has 1 aromatic heterocycles. The van der Waals surface area contributed by atoms with Crippen molar-refractivity contribution in [3.63, 3.8) is 0 Å². The van der Waals surface area contributed by atoms with Gasteiger partial charge in [-0.25, -0.2) is 9.59 Å². The SMILES string of the molecule is O=C(OCCOC1C(COC(=O)c2ccccc2)Oc2nc(=O)ccn21)c1ccccc1. The van der Waals surface area contributed by atoms with Crippen LogP contribution < -0.4 is 10.3 Å². The van der Waals surface area contributed by atoms with E-state index in [0.29, 0.717) is 11.1 Å². The van der Waals surface area contributed by atoms with Crippen LogP contribution in [0.1, 0.15) is 26.9 Å². The van der Waals surface area contributed by atoms with Crippen LogP contribution in [0, 0.1) is 0 Å². The second kappa shape index (κ2) is 9.88. The summed E-state index contributed by atoms with van der Waals surface area (Å²) >= 11 is 0. The van der Waals surface area contributed by atoms with Crippen molar-refractivity contribution in [2.45, 2.75) is 12.3 Å². The van der Waals surface area contributed by atoms with Gasteiger partial charge in [0.25, 0.3) is 5.56 Å². The Hall–Kier alpha value is -3.98. The molecule has 0 radical (unpaired) electrons. The summed E-state index contributed by atoms with van der Waals surface area (Å²) < 4.78 is 23.6. The highest BCUT2D eigenvalue weighted by atomic mass is 16.6. The molecule has 0 amide bonds. The van der Waals surface area contributed by atoms with Gasteiger partial charge in [-0.2, -0.15) is 4.98 Å². The third-order valence-electron chi connectivity index (χ3n) is 4.66. The summed E-state index contributed by atoms with van der Waals surface area (Å²) in [7, 11) is 0. The van der Waals surface area contributed by atoms with Crippen molar-refractivity contribution < 1.29 is 28.5 Å². The molecule has 2 aromatic carbocycles. The molecule has 0 N–H and O–H groups in total. The lowest BCUT2D eigenvalue weighted by Gasteiger charge is -2.19. The molecule has 0 aliphatic carbocycles. The molecule has 1 aliphatic heterocycles. The fourth-order valence-electron chi connectivity index (χ4n) is 3.13. The monoisotopic (exact) mass is 436 g/mol. The number of ether oxygens (including phenoxy) is 4. The summed E-state index contributed by atoms with van der Waals surface area (Å²) in [4.78, 5) is 39.7. The van der Waals surface area contributed by atoms with Crippen molar-refractivity contribution in [2.75, 3.05) is 19.8 Å². The van der Waals surface area contributed by atoms with Gasteiger partial charge in [0.05, 0.1) is 17.7 Å². The first-order chi connectivity index (χ1) is 15.6. The minimum atomic E-state index is -0.734.